The number of esters is 1. The molecule has 0 amide bonds. The maximum Gasteiger partial charge on any atom is 0.348 e. The molecule has 0 atom stereocenters. The number of nitrogens with zero attached hydrogens (tertiary/aromatic N) is 2. The largest absolute Gasteiger partial charge is 0.465 e. The van der Waals surface area contributed by atoms with Gasteiger partial charge in [0.1, 0.15) is 0 Å². The summed E-state index contributed by atoms with van der Waals surface area (Å²) in [6.07, 6.45) is 0. The second-order valence-corrected chi connectivity index (χ2v) is 6.03. The minimum Gasteiger partial charge on any atom is -0.465 e. The van der Waals surface area contributed by atoms with Gasteiger partial charge in [0.25, 0.3) is 0 Å². The van der Waals surface area contributed by atoms with E-state index < -0.39 is 11.7 Å². The van der Waals surface area contributed by atoms with Gasteiger partial charge in [0, 0.05) is 12.1 Å². The second kappa shape index (κ2) is 7.74. The molecule has 0 saturated carbocycles. The molecule has 0 fully saturated rings. The lowest BCUT2D eigenvalue weighted by Crippen LogP contribution is -2.16. The molecule has 0 aliphatic carbocycles. The van der Waals surface area contributed by atoms with E-state index in [0.717, 1.165) is 5.56 Å². The van der Waals surface area contributed by atoms with Crippen molar-refractivity contribution in [1.82, 2.24) is 19.6 Å². The van der Waals surface area contributed by atoms with Crippen LogP contribution in [0.2, 0.25) is 5.02 Å². The predicted molar refractivity (Wildman–Crippen MR) is 98.7 cm³/mol. The molecule has 26 heavy (non-hydrogen) atoms. The van der Waals surface area contributed by atoms with Crippen LogP contribution in [0.4, 0.5) is 0 Å². The van der Waals surface area contributed by atoms with Crippen molar-refractivity contribution in [3.63, 3.8) is 0 Å². The van der Waals surface area contributed by atoms with Crippen LogP contribution in [0.3, 0.4) is 0 Å². The quantitative estimate of drug-likeness (QED) is 0.514. The number of nitrogens with one attached hydrogen (secondary N) is 2. The van der Waals surface area contributed by atoms with Crippen LogP contribution in [0.5, 0.6) is 0 Å². The molecule has 0 bridgehead atoms. The van der Waals surface area contributed by atoms with Crippen LogP contribution in [0.1, 0.15) is 15.9 Å². The van der Waals surface area contributed by atoms with Crippen molar-refractivity contribution in [2.45, 2.75) is 6.54 Å². The van der Waals surface area contributed by atoms with E-state index in [1.165, 1.54) is 11.8 Å². The highest BCUT2D eigenvalue weighted by atomic mass is 35.5. The summed E-state index contributed by atoms with van der Waals surface area (Å²) in [4.78, 5) is 29.0. The minimum absolute atomic E-state index is 0.327. The minimum atomic E-state index is -0.455. The van der Waals surface area contributed by atoms with Crippen molar-refractivity contribution in [2.75, 3.05) is 7.11 Å². The Hall–Kier alpha value is -2.61. The summed E-state index contributed by atoms with van der Waals surface area (Å²) in [6, 6.07) is 11.6. The van der Waals surface area contributed by atoms with Crippen LogP contribution in [0.15, 0.2) is 47.3 Å². The van der Waals surface area contributed by atoms with Crippen LogP contribution in [-0.2, 0) is 11.3 Å². The highest BCUT2D eigenvalue weighted by molar-refractivity contribution is 6.33. The van der Waals surface area contributed by atoms with E-state index in [2.05, 4.69) is 19.7 Å². The first-order chi connectivity index (χ1) is 12.5. The van der Waals surface area contributed by atoms with Gasteiger partial charge in [0.2, 0.25) is 0 Å². The first-order valence-corrected chi connectivity index (χ1v) is 8.29. The maximum atomic E-state index is 12.3. The molecule has 134 valence electrons. The summed E-state index contributed by atoms with van der Waals surface area (Å²) >= 11 is 11.8. The molecular formula is C17H14Cl2N4O3. The topological polar surface area (TPSA) is 89.0 Å². The molecule has 1 aromatic heterocycles. The zero-order chi connectivity index (χ0) is 18.7. The normalized spacial score (nSPS) is 10.7. The zero-order valence-corrected chi connectivity index (χ0v) is 15.1. The molecule has 9 heteroatoms. The third kappa shape index (κ3) is 3.65. The van der Waals surface area contributed by atoms with Gasteiger partial charge in [0.05, 0.1) is 23.4 Å². The number of hydrogen-bond donors (Lipinski definition) is 2. The molecule has 0 aliphatic heterocycles. The maximum absolute atomic E-state index is 12.3. The highest BCUT2D eigenvalue weighted by Gasteiger charge is 2.13. The number of methoxy groups -OCH3 is 1. The number of halogens is 2. The Morgan fingerprint density at radius 1 is 1.27 bits per heavy atom. The standard InChI is InChI=1S/C17H14Cl2N4O3/c1-26-16(24)11-3-5-12(6-4-11)23-17(25)21-15(22-23)13-8-10(9-20-19)2-7-14(13)18/h2-8,20H,9H2,1H3,(H,21,22,25). The number of carbonyl (C=O) groups excluding carboxylic acids is 1. The van der Waals surface area contributed by atoms with E-state index in [0.29, 0.717) is 34.2 Å². The second-order valence-electron chi connectivity index (χ2n) is 5.35. The van der Waals surface area contributed by atoms with Gasteiger partial charge < -0.3 is 4.74 Å². The average molecular weight is 393 g/mol. The van der Waals surface area contributed by atoms with Crippen LogP contribution >= 0.6 is 23.4 Å². The summed E-state index contributed by atoms with van der Waals surface area (Å²) in [5, 5.41) is 4.75. The molecule has 2 N–H and O–H groups in total. The van der Waals surface area contributed by atoms with Crippen LogP contribution in [-0.4, -0.2) is 27.8 Å². The van der Waals surface area contributed by atoms with Gasteiger partial charge in [-0.2, -0.15) is 4.68 Å². The van der Waals surface area contributed by atoms with E-state index in [4.69, 9.17) is 23.4 Å². The van der Waals surface area contributed by atoms with Gasteiger partial charge in [-0.15, -0.1) is 5.10 Å². The number of rotatable bonds is 5. The van der Waals surface area contributed by atoms with Gasteiger partial charge in [-0.1, -0.05) is 17.7 Å². The Morgan fingerprint density at radius 2 is 2.00 bits per heavy atom. The number of ether oxygens (including phenoxy) is 1. The summed E-state index contributed by atoms with van der Waals surface area (Å²) < 4.78 is 5.85. The van der Waals surface area contributed by atoms with E-state index in [1.54, 1.807) is 36.4 Å². The summed E-state index contributed by atoms with van der Waals surface area (Å²) in [5.41, 5.74) is 1.92. The molecule has 0 aliphatic rings. The van der Waals surface area contributed by atoms with Crippen LogP contribution in [0, 0.1) is 0 Å². The summed E-state index contributed by atoms with van der Waals surface area (Å²) in [5.74, 6) is -0.128. The Bertz CT molecular complexity index is 996. The molecule has 1 heterocycles. The number of H-pyrrole nitrogens is 1. The lowest BCUT2D eigenvalue weighted by molar-refractivity contribution is 0.0600. The number of hydrogen-bond acceptors (Lipinski definition) is 5. The molecule has 3 aromatic rings. The van der Waals surface area contributed by atoms with Crippen molar-refractivity contribution in [3.8, 4) is 17.1 Å². The summed E-state index contributed by atoms with van der Waals surface area (Å²) in [6.45, 7) is 0.436. The molecule has 7 nitrogen and oxygen atoms in total. The predicted octanol–water partition coefficient (Wildman–Crippen LogP) is 2.91. The first-order valence-electron chi connectivity index (χ1n) is 7.54. The van der Waals surface area contributed by atoms with E-state index in [1.807, 2.05) is 6.07 Å². The third-order valence-corrected chi connectivity index (χ3v) is 4.17. The fraction of sp³-hybridized carbons (Fsp3) is 0.118. The van der Waals surface area contributed by atoms with Crippen molar-refractivity contribution >= 4 is 29.3 Å². The van der Waals surface area contributed by atoms with Crippen molar-refractivity contribution < 1.29 is 9.53 Å². The molecule has 0 unspecified atom stereocenters. The van der Waals surface area contributed by atoms with E-state index in [-0.39, 0.29) is 0 Å². The highest BCUT2D eigenvalue weighted by Crippen LogP contribution is 2.26. The van der Waals surface area contributed by atoms with E-state index in [9.17, 15) is 9.59 Å². The zero-order valence-electron chi connectivity index (χ0n) is 13.6. The van der Waals surface area contributed by atoms with Gasteiger partial charge in [-0.25, -0.2) is 14.4 Å². The summed E-state index contributed by atoms with van der Waals surface area (Å²) in [7, 11) is 1.30. The van der Waals surface area contributed by atoms with Crippen LogP contribution < -0.4 is 10.5 Å². The Labute approximate surface area is 158 Å². The third-order valence-electron chi connectivity index (χ3n) is 3.71. The molecular weight excluding hydrogens is 379 g/mol. The van der Waals surface area contributed by atoms with E-state index >= 15 is 0 Å². The molecule has 2 aromatic carbocycles. The number of benzene rings is 2. The van der Waals surface area contributed by atoms with Crippen molar-refractivity contribution in [3.05, 3.63) is 69.1 Å². The average Bonchev–Trinajstić information content (AvgIpc) is 3.04. The van der Waals surface area contributed by atoms with Gasteiger partial charge in [-0.3, -0.25) is 4.98 Å². The van der Waals surface area contributed by atoms with Gasteiger partial charge in [-0.05, 0) is 53.7 Å². The Morgan fingerprint density at radius 3 is 2.65 bits per heavy atom. The molecule has 0 spiro atoms. The van der Waals surface area contributed by atoms with Gasteiger partial charge >= 0.3 is 11.7 Å². The molecule has 0 radical (unpaired) electrons. The lowest BCUT2D eigenvalue weighted by Gasteiger charge is -2.04. The van der Waals surface area contributed by atoms with Crippen molar-refractivity contribution in [2.24, 2.45) is 0 Å². The number of aromatic amines is 1. The molecule has 3 rings (SSSR count). The lowest BCUT2D eigenvalue weighted by atomic mass is 10.1. The fourth-order valence-electron chi connectivity index (χ4n) is 2.42. The monoisotopic (exact) mass is 392 g/mol. The van der Waals surface area contributed by atoms with Gasteiger partial charge in [0.15, 0.2) is 5.82 Å². The number of carbonyl (C=O) groups is 1. The molecule has 0 saturated heterocycles. The fourth-order valence-corrected chi connectivity index (χ4v) is 2.78. The SMILES string of the molecule is COC(=O)c1ccc(-n2nc(-c3cc(CNCl)ccc3Cl)[nH]c2=O)cc1. The first kappa shape index (κ1) is 18.2. The Balaban J connectivity index is 1.99. The van der Waals surface area contributed by atoms with Crippen LogP contribution in [0.25, 0.3) is 17.1 Å². The smallest absolute Gasteiger partial charge is 0.348 e. The van der Waals surface area contributed by atoms with Crippen molar-refractivity contribution in [1.29, 1.82) is 0 Å². The Kier molecular flexibility index (Phi) is 5.41. The number of aromatic nitrogens is 3.